The molecule has 6 heteroatoms. The highest BCUT2D eigenvalue weighted by Crippen LogP contribution is 2.26. The number of aromatic nitrogens is 3. The second kappa shape index (κ2) is 5.76. The molecule has 2 heterocycles. The zero-order valence-corrected chi connectivity index (χ0v) is 12.8. The first-order valence-electron chi connectivity index (χ1n) is 6.15. The van der Waals surface area contributed by atoms with Crippen LogP contribution in [-0.4, -0.2) is 15.2 Å². The minimum Gasteiger partial charge on any atom is -0.420 e. The van der Waals surface area contributed by atoms with Gasteiger partial charge in [-0.3, -0.25) is 0 Å². The van der Waals surface area contributed by atoms with Crippen molar-refractivity contribution in [2.24, 2.45) is 0 Å². The van der Waals surface area contributed by atoms with Gasteiger partial charge in [0.2, 0.25) is 11.8 Å². The van der Waals surface area contributed by atoms with Crippen molar-refractivity contribution in [3.05, 3.63) is 46.8 Å². The number of thiazole rings is 1. The van der Waals surface area contributed by atoms with Gasteiger partial charge in [0.25, 0.3) is 0 Å². The van der Waals surface area contributed by atoms with E-state index in [4.69, 9.17) is 4.42 Å². The Kier molecular flexibility index (Phi) is 3.84. The summed E-state index contributed by atoms with van der Waals surface area (Å²) in [6.45, 7) is 4.04. The third kappa shape index (κ3) is 3.08. The van der Waals surface area contributed by atoms with E-state index < -0.39 is 0 Å². The molecule has 0 N–H and O–H groups in total. The maximum absolute atomic E-state index is 5.67. The van der Waals surface area contributed by atoms with Gasteiger partial charge in [-0.1, -0.05) is 29.5 Å². The molecule has 3 aromatic rings. The first-order valence-corrected chi connectivity index (χ1v) is 8.01. The van der Waals surface area contributed by atoms with E-state index in [-0.39, 0.29) is 0 Å². The third-order valence-corrected chi connectivity index (χ3v) is 4.81. The highest BCUT2D eigenvalue weighted by Gasteiger charge is 2.09. The lowest BCUT2D eigenvalue weighted by atomic mass is 10.1. The van der Waals surface area contributed by atoms with Crippen molar-refractivity contribution in [2.45, 2.75) is 23.9 Å². The van der Waals surface area contributed by atoms with Gasteiger partial charge in [-0.2, -0.15) is 0 Å². The van der Waals surface area contributed by atoms with Crippen LogP contribution >= 0.6 is 23.1 Å². The van der Waals surface area contributed by atoms with Gasteiger partial charge in [-0.25, -0.2) is 4.98 Å². The topological polar surface area (TPSA) is 51.8 Å². The molecule has 102 valence electrons. The monoisotopic (exact) mass is 303 g/mol. The molecule has 3 rings (SSSR count). The number of benzene rings is 1. The molecule has 2 aromatic heterocycles. The second-order valence-electron chi connectivity index (χ2n) is 4.41. The molecule has 1 aromatic carbocycles. The van der Waals surface area contributed by atoms with Gasteiger partial charge in [0.15, 0.2) is 4.34 Å². The zero-order valence-electron chi connectivity index (χ0n) is 11.2. The van der Waals surface area contributed by atoms with Crippen molar-refractivity contribution in [1.82, 2.24) is 15.2 Å². The lowest BCUT2D eigenvalue weighted by Crippen LogP contribution is -1.80. The van der Waals surface area contributed by atoms with Gasteiger partial charge in [0, 0.05) is 16.6 Å². The van der Waals surface area contributed by atoms with Crippen molar-refractivity contribution in [2.75, 3.05) is 0 Å². The summed E-state index contributed by atoms with van der Waals surface area (Å²) in [6, 6.07) is 8.05. The van der Waals surface area contributed by atoms with Gasteiger partial charge in [0.05, 0.1) is 5.75 Å². The van der Waals surface area contributed by atoms with Crippen molar-refractivity contribution in [3.63, 3.8) is 0 Å². The highest BCUT2D eigenvalue weighted by molar-refractivity contribution is 8.00. The molecule has 0 atom stereocenters. The Balaban J connectivity index is 1.69. The fourth-order valence-electron chi connectivity index (χ4n) is 1.65. The minimum absolute atomic E-state index is 0.566. The molecule has 0 aliphatic rings. The van der Waals surface area contributed by atoms with Crippen LogP contribution in [0.5, 0.6) is 0 Å². The van der Waals surface area contributed by atoms with Crippen LogP contribution in [0.25, 0.3) is 11.5 Å². The lowest BCUT2D eigenvalue weighted by molar-refractivity contribution is 0.528. The van der Waals surface area contributed by atoms with E-state index in [1.165, 1.54) is 5.56 Å². The van der Waals surface area contributed by atoms with E-state index >= 15 is 0 Å². The SMILES string of the molecule is Cc1ccc(-c2nnc(CSc3nc(C)cs3)o2)cc1. The van der Waals surface area contributed by atoms with Crippen LogP contribution in [0.2, 0.25) is 0 Å². The Bertz CT molecular complexity index is 703. The zero-order chi connectivity index (χ0) is 13.9. The van der Waals surface area contributed by atoms with Crippen LogP contribution in [0, 0.1) is 13.8 Å². The molecular formula is C14H13N3OS2. The summed E-state index contributed by atoms with van der Waals surface area (Å²) in [6.07, 6.45) is 0. The van der Waals surface area contributed by atoms with E-state index in [0.717, 1.165) is 15.6 Å². The Morgan fingerprint density at radius 2 is 1.95 bits per heavy atom. The minimum atomic E-state index is 0.566. The van der Waals surface area contributed by atoms with Crippen LogP contribution in [0.15, 0.2) is 38.4 Å². The van der Waals surface area contributed by atoms with Gasteiger partial charge in [-0.05, 0) is 26.0 Å². The van der Waals surface area contributed by atoms with Crippen molar-refractivity contribution >= 4 is 23.1 Å². The fourth-order valence-corrected chi connectivity index (χ4v) is 3.33. The van der Waals surface area contributed by atoms with Crippen LogP contribution in [0.3, 0.4) is 0 Å². The van der Waals surface area contributed by atoms with Crippen LogP contribution < -0.4 is 0 Å². The Labute approximate surface area is 125 Å². The molecule has 20 heavy (non-hydrogen) atoms. The first-order chi connectivity index (χ1) is 9.70. The van der Waals surface area contributed by atoms with Crippen molar-refractivity contribution in [3.8, 4) is 11.5 Å². The maximum atomic E-state index is 5.67. The maximum Gasteiger partial charge on any atom is 0.247 e. The molecule has 0 radical (unpaired) electrons. The summed E-state index contributed by atoms with van der Waals surface area (Å²) in [4.78, 5) is 4.39. The largest absolute Gasteiger partial charge is 0.420 e. The second-order valence-corrected chi connectivity index (χ2v) is 6.49. The van der Waals surface area contributed by atoms with Crippen LogP contribution in [0.4, 0.5) is 0 Å². The lowest BCUT2D eigenvalue weighted by Gasteiger charge is -1.95. The molecular weight excluding hydrogens is 290 g/mol. The predicted octanol–water partition coefficient (Wildman–Crippen LogP) is 4.10. The number of nitrogens with zero attached hydrogens (tertiary/aromatic N) is 3. The Morgan fingerprint density at radius 3 is 2.65 bits per heavy atom. The molecule has 0 unspecified atom stereocenters. The normalized spacial score (nSPS) is 10.9. The molecule has 0 amide bonds. The van der Waals surface area contributed by atoms with Crippen LogP contribution in [-0.2, 0) is 5.75 Å². The summed E-state index contributed by atoms with van der Waals surface area (Å²) in [7, 11) is 0. The predicted molar refractivity (Wildman–Crippen MR) is 80.9 cm³/mol. The van der Waals surface area contributed by atoms with Crippen molar-refractivity contribution in [1.29, 1.82) is 0 Å². The molecule has 0 aliphatic carbocycles. The molecule has 0 spiro atoms. The standard InChI is InChI=1S/C14H13N3OS2/c1-9-3-5-11(6-4-9)13-17-16-12(18-13)8-20-14-15-10(2)7-19-14/h3-7H,8H2,1-2H3. The molecule has 0 aliphatic heterocycles. The molecule has 0 bridgehead atoms. The molecule has 0 saturated heterocycles. The summed E-state index contributed by atoms with van der Waals surface area (Å²) < 4.78 is 6.70. The number of hydrogen-bond acceptors (Lipinski definition) is 6. The molecule has 0 fully saturated rings. The summed E-state index contributed by atoms with van der Waals surface area (Å²) in [5.74, 6) is 1.83. The molecule has 0 saturated carbocycles. The van der Waals surface area contributed by atoms with Crippen LogP contribution in [0.1, 0.15) is 17.1 Å². The first kappa shape index (κ1) is 13.3. The Hall–Kier alpha value is -1.66. The quantitative estimate of drug-likeness (QED) is 0.679. The van der Waals surface area contributed by atoms with Gasteiger partial charge in [0.1, 0.15) is 0 Å². The smallest absolute Gasteiger partial charge is 0.247 e. The van der Waals surface area contributed by atoms with E-state index in [1.54, 1.807) is 23.1 Å². The van der Waals surface area contributed by atoms with Crippen molar-refractivity contribution < 1.29 is 4.42 Å². The summed E-state index contributed by atoms with van der Waals surface area (Å²) >= 11 is 3.25. The van der Waals surface area contributed by atoms with E-state index in [9.17, 15) is 0 Å². The van der Waals surface area contributed by atoms with E-state index in [1.807, 2.05) is 36.6 Å². The van der Waals surface area contributed by atoms with E-state index in [2.05, 4.69) is 22.1 Å². The third-order valence-electron chi connectivity index (χ3n) is 2.68. The van der Waals surface area contributed by atoms with E-state index in [0.29, 0.717) is 17.5 Å². The number of hydrogen-bond donors (Lipinski definition) is 0. The highest BCUT2D eigenvalue weighted by atomic mass is 32.2. The molecule has 4 nitrogen and oxygen atoms in total. The number of thioether (sulfide) groups is 1. The Morgan fingerprint density at radius 1 is 1.15 bits per heavy atom. The number of aryl methyl sites for hydroxylation is 2. The summed E-state index contributed by atoms with van der Waals surface area (Å²) in [5, 5.41) is 10.2. The van der Waals surface area contributed by atoms with Gasteiger partial charge in [-0.15, -0.1) is 21.5 Å². The summed E-state index contributed by atoms with van der Waals surface area (Å²) in [5.41, 5.74) is 3.20. The average Bonchev–Trinajstić information content (AvgIpc) is 3.06. The fraction of sp³-hybridized carbons (Fsp3) is 0.214. The van der Waals surface area contributed by atoms with Gasteiger partial charge < -0.3 is 4.42 Å². The average molecular weight is 303 g/mol. The van der Waals surface area contributed by atoms with Gasteiger partial charge >= 0.3 is 0 Å². The number of rotatable bonds is 4.